The van der Waals surface area contributed by atoms with E-state index >= 15 is 0 Å². The van der Waals surface area contributed by atoms with Gasteiger partial charge in [0, 0.05) is 18.6 Å². The molecule has 0 bridgehead atoms. The fourth-order valence-corrected chi connectivity index (χ4v) is 1.41. The molecular formula is C12H12F3NO2. The van der Waals surface area contributed by atoms with E-state index in [-0.39, 0.29) is 12.2 Å². The molecule has 6 heteroatoms. The van der Waals surface area contributed by atoms with Crippen molar-refractivity contribution in [3.63, 3.8) is 0 Å². The number of Topliss-reactive ketones (excluding diaryl/α,β-unsaturated/α-hetero) is 1. The number of carbonyl (C=O) groups excluding carboxylic acids is 2. The molecule has 1 N–H and O–H groups in total. The van der Waals surface area contributed by atoms with Crippen molar-refractivity contribution >= 4 is 11.7 Å². The summed E-state index contributed by atoms with van der Waals surface area (Å²) in [7, 11) is 0. The van der Waals surface area contributed by atoms with E-state index in [1.807, 2.05) is 0 Å². The number of rotatable bonds is 4. The maximum absolute atomic E-state index is 13.3. The lowest BCUT2D eigenvalue weighted by Crippen LogP contribution is -2.39. The van der Waals surface area contributed by atoms with Gasteiger partial charge in [-0.3, -0.25) is 9.59 Å². The Morgan fingerprint density at radius 3 is 2.17 bits per heavy atom. The Kier molecular flexibility index (Phi) is 4.47. The molecule has 0 aliphatic rings. The summed E-state index contributed by atoms with van der Waals surface area (Å²) in [6.45, 7) is 3.01. The van der Waals surface area contributed by atoms with Crippen molar-refractivity contribution in [3.05, 3.63) is 35.1 Å². The number of carbonyl (C=O) groups is 2. The SMILES string of the molecule is CCC(=O)C(C)NC(=O)c1c(F)cc(F)cc1F. The third kappa shape index (κ3) is 3.09. The summed E-state index contributed by atoms with van der Waals surface area (Å²) in [6.07, 6.45) is 0.190. The number of halogens is 3. The molecule has 1 amide bonds. The zero-order valence-corrected chi connectivity index (χ0v) is 9.89. The van der Waals surface area contributed by atoms with Crippen molar-refractivity contribution in [1.82, 2.24) is 5.32 Å². The minimum absolute atomic E-state index is 0.190. The molecule has 0 aliphatic carbocycles. The predicted octanol–water partition coefficient (Wildman–Crippen LogP) is 2.20. The first kappa shape index (κ1) is 14.2. The molecule has 1 aromatic carbocycles. The lowest BCUT2D eigenvalue weighted by molar-refractivity contribution is -0.120. The van der Waals surface area contributed by atoms with Gasteiger partial charge >= 0.3 is 0 Å². The summed E-state index contributed by atoms with van der Waals surface area (Å²) in [5, 5.41) is 2.16. The standard InChI is InChI=1S/C12H12F3NO2/c1-3-10(17)6(2)16-12(18)11-8(14)4-7(13)5-9(11)15/h4-6H,3H2,1-2H3,(H,16,18). The summed E-state index contributed by atoms with van der Waals surface area (Å²) in [5.41, 5.74) is -0.896. The number of nitrogens with one attached hydrogen (secondary N) is 1. The monoisotopic (exact) mass is 259 g/mol. The van der Waals surface area contributed by atoms with Crippen LogP contribution < -0.4 is 5.32 Å². The van der Waals surface area contributed by atoms with Gasteiger partial charge in [0.2, 0.25) is 0 Å². The van der Waals surface area contributed by atoms with Gasteiger partial charge in [0.25, 0.3) is 5.91 Å². The molecule has 98 valence electrons. The van der Waals surface area contributed by atoms with E-state index in [2.05, 4.69) is 5.32 Å². The molecule has 1 aromatic rings. The van der Waals surface area contributed by atoms with Gasteiger partial charge in [0.05, 0.1) is 6.04 Å². The molecular weight excluding hydrogens is 247 g/mol. The Hall–Kier alpha value is -1.85. The van der Waals surface area contributed by atoms with E-state index in [1.54, 1.807) is 6.92 Å². The molecule has 0 saturated heterocycles. The van der Waals surface area contributed by atoms with Crippen molar-refractivity contribution in [1.29, 1.82) is 0 Å². The van der Waals surface area contributed by atoms with Crippen LogP contribution in [0.3, 0.4) is 0 Å². The molecule has 0 saturated carbocycles. The van der Waals surface area contributed by atoms with Crippen molar-refractivity contribution in [2.24, 2.45) is 0 Å². The normalized spacial score (nSPS) is 12.1. The Bertz CT molecular complexity index is 465. The van der Waals surface area contributed by atoms with E-state index in [0.717, 1.165) is 0 Å². The molecule has 0 spiro atoms. The van der Waals surface area contributed by atoms with Crippen LogP contribution in [0.5, 0.6) is 0 Å². The van der Waals surface area contributed by atoms with Crippen LogP contribution in [0.4, 0.5) is 13.2 Å². The first-order valence-corrected chi connectivity index (χ1v) is 5.35. The smallest absolute Gasteiger partial charge is 0.257 e. The second-order valence-electron chi connectivity index (χ2n) is 3.76. The Balaban J connectivity index is 2.95. The molecule has 0 fully saturated rings. The third-order valence-corrected chi connectivity index (χ3v) is 2.41. The van der Waals surface area contributed by atoms with E-state index < -0.39 is 35.0 Å². The van der Waals surface area contributed by atoms with Crippen LogP contribution in [-0.4, -0.2) is 17.7 Å². The predicted molar refractivity (Wildman–Crippen MR) is 58.5 cm³/mol. The van der Waals surface area contributed by atoms with Gasteiger partial charge in [-0.05, 0) is 6.92 Å². The second-order valence-corrected chi connectivity index (χ2v) is 3.76. The highest BCUT2D eigenvalue weighted by Crippen LogP contribution is 2.14. The van der Waals surface area contributed by atoms with Gasteiger partial charge in [0.1, 0.15) is 23.0 Å². The molecule has 0 aromatic heterocycles. The van der Waals surface area contributed by atoms with Crippen LogP contribution in [0.15, 0.2) is 12.1 Å². The van der Waals surface area contributed by atoms with Crippen molar-refractivity contribution in [2.75, 3.05) is 0 Å². The zero-order valence-electron chi connectivity index (χ0n) is 9.89. The molecule has 0 radical (unpaired) electrons. The number of hydrogen-bond acceptors (Lipinski definition) is 2. The van der Waals surface area contributed by atoms with E-state index in [4.69, 9.17) is 0 Å². The van der Waals surface area contributed by atoms with Crippen molar-refractivity contribution < 1.29 is 22.8 Å². The maximum Gasteiger partial charge on any atom is 0.257 e. The molecule has 18 heavy (non-hydrogen) atoms. The first-order valence-electron chi connectivity index (χ1n) is 5.35. The summed E-state index contributed by atoms with van der Waals surface area (Å²) in [5.74, 6) is -5.08. The van der Waals surface area contributed by atoms with Crippen LogP contribution in [0.2, 0.25) is 0 Å². The van der Waals surface area contributed by atoms with Gasteiger partial charge in [-0.25, -0.2) is 13.2 Å². The number of hydrogen-bond donors (Lipinski definition) is 1. The highest BCUT2D eigenvalue weighted by Gasteiger charge is 2.22. The average molecular weight is 259 g/mol. The quantitative estimate of drug-likeness (QED) is 0.901. The number of benzene rings is 1. The number of amides is 1. The maximum atomic E-state index is 13.3. The summed E-state index contributed by atoms with van der Waals surface area (Å²) < 4.78 is 39.2. The average Bonchev–Trinajstić information content (AvgIpc) is 2.26. The summed E-state index contributed by atoms with van der Waals surface area (Å²) in [6, 6.07) is -0.0411. The van der Waals surface area contributed by atoms with E-state index in [1.165, 1.54) is 6.92 Å². The number of ketones is 1. The summed E-state index contributed by atoms with van der Waals surface area (Å²) >= 11 is 0. The molecule has 1 unspecified atom stereocenters. The lowest BCUT2D eigenvalue weighted by Gasteiger charge is -2.12. The lowest BCUT2D eigenvalue weighted by atomic mass is 10.1. The van der Waals surface area contributed by atoms with Gasteiger partial charge in [0.15, 0.2) is 5.78 Å². The zero-order chi connectivity index (χ0) is 13.9. The third-order valence-electron chi connectivity index (χ3n) is 2.41. The fraction of sp³-hybridized carbons (Fsp3) is 0.333. The summed E-state index contributed by atoms with van der Waals surface area (Å²) in [4.78, 5) is 22.8. The van der Waals surface area contributed by atoms with Crippen LogP contribution >= 0.6 is 0 Å². The molecule has 0 aliphatic heterocycles. The molecule has 1 rings (SSSR count). The molecule has 1 atom stereocenters. The van der Waals surface area contributed by atoms with E-state index in [9.17, 15) is 22.8 Å². The second kappa shape index (κ2) is 5.66. The van der Waals surface area contributed by atoms with Gasteiger partial charge in [-0.2, -0.15) is 0 Å². The minimum atomic E-state index is -1.30. The minimum Gasteiger partial charge on any atom is -0.342 e. The van der Waals surface area contributed by atoms with Gasteiger partial charge in [-0.1, -0.05) is 6.92 Å². The Labute approximate surface area is 102 Å². The topological polar surface area (TPSA) is 46.2 Å². The Morgan fingerprint density at radius 1 is 1.22 bits per heavy atom. The van der Waals surface area contributed by atoms with Crippen molar-refractivity contribution in [2.45, 2.75) is 26.3 Å². The van der Waals surface area contributed by atoms with Crippen LogP contribution in [0.1, 0.15) is 30.6 Å². The fourth-order valence-electron chi connectivity index (χ4n) is 1.41. The largest absolute Gasteiger partial charge is 0.342 e. The van der Waals surface area contributed by atoms with Gasteiger partial charge < -0.3 is 5.32 Å². The van der Waals surface area contributed by atoms with Crippen LogP contribution in [0.25, 0.3) is 0 Å². The van der Waals surface area contributed by atoms with Crippen LogP contribution in [-0.2, 0) is 4.79 Å². The molecule has 0 heterocycles. The molecule has 3 nitrogen and oxygen atoms in total. The highest BCUT2D eigenvalue weighted by molar-refractivity contribution is 5.98. The van der Waals surface area contributed by atoms with Crippen LogP contribution in [0, 0.1) is 17.5 Å². The highest BCUT2D eigenvalue weighted by atomic mass is 19.1. The van der Waals surface area contributed by atoms with E-state index in [0.29, 0.717) is 12.1 Å². The van der Waals surface area contributed by atoms with Gasteiger partial charge in [-0.15, -0.1) is 0 Å². The Morgan fingerprint density at radius 2 is 1.72 bits per heavy atom. The van der Waals surface area contributed by atoms with Crippen molar-refractivity contribution in [3.8, 4) is 0 Å². The first-order chi connectivity index (χ1) is 8.36.